The number of amides is 2. The van der Waals surface area contributed by atoms with E-state index < -0.39 is 24.5 Å². The van der Waals surface area contributed by atoms with Gasteiger partial charge in [0.25, 0.3) is 17.4 Å². The summed E-state index contributed by atoms with van der Waals surface area (Å²) < 4.78 is 6.85. The largest absolute Gasteiger partial charge is 0.444 e. The fourth-order valence-electron chi connectivity index (χ4n) is 3.73. The van der Waals surface area contributed by atoms with E-state index in [-0.39, 0.29) is 24.1 Å². The number of unbranched alkanes of at least 4 members (excludes halogenated alkanes) is 1. The van der Waals surface area contributed by atoms with Crippen LogP contribution in [-0.2, 0) is 22.5 Å². The monoisotopic (exact) mass is 433 g/mol. The third kappa shape index (κ3) is 4.03. The van der Waals surface area contributed by atoms with Crippen molar-refractivity contribution in [2.75, 3.05) is 6.73 Å². The summed E-state index contributed by atoms with van der Waals surface area (Å²) in [6.07, 6.45) is 1.83. The van der Waals surface area contributed by atoms with Gasteiger partial charge in [-0.2, -0.15) is 0 Å². The van der Waals surface area contributed by atoms with Gasteiger partial charge >= 0.3 is 5.97 Å². The summed E-state index contributed by atoms with van der Waals surface area (Å²) in [5.74, 6) is -1.60. The lowest BCUT2D eigenvalue weighted by molar-refractivity contribution is -0.146. The SMILES string of the molecule is CCCCn1c(=O)c(CCC(=O)OCN2C(=O)c3ccccc3C2=O)nc2ccccc21. The molecule has 0 unspecified atom stereocenters. The fourth-order valence-corrected chi connectivity index (χ4v) is 3.73. The van der Waals surface area contributed by atoms with Crippen molar-refractivity contribution in [1.82, 2.24) is 14.5 Å². The number of hydrogen-bond donors (Lipinski definition) is 0. The van der Waals surface area contributed by atoms with E-state index in [4.69, 9.17) is 4.74 Å². The molecule has 0 aliphatic carbocycles. The van der Waals surface area contributed by atoms with Gasteiger partial charge < -0.3 is 9.30 Å². The van der Waals surface area contributed by atoms with Crippen molar-refractivity contribution < 1.29 is 19.1 Å². The van der Waals surface area contributed by atoms with E-state index >= 15 is 0 Å². The van der Waals surface area contributed by atoms with Gasteiger partial charge in [-0.3, -0.25) is 19.2 Å². The smallest absolute Gasteiger partial charge is 0.307 e. The maximum atomic E-state index is 12.9. The molecule has 3 aromatic rings. The predicted molar refractivity (Wildman–Crippen MR) is 117 cm³/mol. The number of ether oxygens (including phenoxy) is 1. The van der Waals surface area contributed by atoms with Crippen molar-refractivity contribution in [3.63, 3.8) is 0 Å². The number of hydrogen-bond acceptors (Lipinski definition) is 6. The first-order chi connectivity index (χ1) is 15.5. The molecular weight excluding hydrogens is 410 g/mol. The van der Waals surface area contributed by atoms with E-state index in [0.717, 1.165) is 23.3 Å². The molecule has 0 N–H and O–H groups in total. The molecule has 1 aliphatic heterocycles. The fraction of sp³-hybridized carbons (Fsp3) is 0.292. The molecule has 0 saturated heterocycles. The van der Waals surface area contributed by atoms with Gasteiger partial charge in [0.1, 0.15) is 5.69 Å². The molecule has 164 valence electrons. The predicted octanol–water partition coefficient (Wildman–Crippen LogP) is 2.93. The summed E-state index contributed by atoms with van der Waals surface area (Å²) in [7, 11) is 0. The van der Waals surface area contributed by atoms with Gasteiger partial charge in [-0.05, 0) is 30.7 Å². The Morgan fingerprint density at radius 1 is 0.969 bits per heavy atom. The van der Waals surface area contributed by atoms with Gasteiger partial charge in [0, 0.05) is 13.0 Å². The molecule has 2 amide bonds. The van der Waals surface area contributed by atoms with Crippen molar-refractivity contribution in [2.45, 2.75) is 39.2 Å². The summed E-state index contributed by atoms with van der Waals surface area (Å²) in [5, 5.41) is 0. The number of esters is 1. The van der Waals surface area contributed by atoms with Crippen molar-refractivity contribution >= 4 is 28.8 Å². The van der Waals surface area contributed by atoms with E-state index in [0.29, 0.717) is 23.2 Å². The summed E-state index contributed by atoms with van der Waals surface area (Å²) >= 11 is 0. The minimum atomic E-state index is -0.615. The highest BCUT2D eigenvalue weighted by atomic mass is 16.5. The maximum absolute atomic E-state index is 12.9. The van der Waals surface area contributed by atoms with Gasteiger partial charge in [-0.1, -0.05) is 37.6 Å². The van der Waals surface area contributed by atoms with Crippen molar-refractivity contribution in [3.8, 4) is 0 Å². The van der Waals surface area contributed by atoms with Crippen LogP contribution in [0.1, 0.15) is 52.6 Å². The highest BCUT2D eigenvalue weighted by Crippen LogP contribution is 2.22. The van der Waals surface area contributed by atoms with E-state index in [1.807, 2.05) is 24.3 Å². The van der Waals surface area contributed by atoms with Gasteiger partial charge in [0.2, 0.25) is 0 Å². The van der Waals surface area contributed by atoms with E-state index in [9.17, 15) is 19.2 Å². The Bertz CT molecular complexity index is 1230. The van der Waals surface area contributed by atoms with E-state index in [1.165, 1.54) is 0 Å². The minimum Gasteiger partial charge on any atom is -0.444 e. The molecule has 0 spiro atoms. The Morgan fingerprint density at radius 3 is 2.31 bits per heavy atom. The Morgan fingerprint density at radius 2 is 1.62 bits per heavy atom. The number of nitrogens with zero attached hydrogens (tertiary/aromatic N) is 3. The molecule has 8 nitrogen and oxygen atoms in total. The van der Waals surface area contributed by atoms with Crippen LogP contribution in [0.15, 0.2) is 53.3 Å². The van der Waals surface area contributed by atoms with E-state index in [2.05, 4.69) is 11.9 Å². The molecule has 32 heavy (non-hydrogen) atoms. The second-order valence-electron chi connectivity index (χ2n) is 7.59. The van der Waals surface area contributed by atoms with E-state index in [1.54, 1.807) is 28.8 Å². The van der Waals surface area contributed by atoms with Crippen LogP contribution in [0.5, 0.6) is 0 Å². The second kappa shape index (κ2) is 9.13. The zero-order valence-electron chi connectivity index (χ0n) is 17.7. The first-order valence-corrected chi connectivity index (χ1v) is 10.6. The van der Waals surface area contributed by atoms with Crippen LogP contribution >= 0.6 is 0 Å². The first-order valence-electron chi connectivity index (χ1n) is 10.6. The second-order valence-corrected chi connectivity index (χ2v) is 7.59. The molecule has 0 radical (unpaired) electrons. The zero-order valence-corrected chi connectivity index (χ0v) is 17.7. The van der Waals surface area contributed by atoms with Gasteiger partial charge in [-0.15, -0.1) is 0 Å². The number of fused-ring (bicyclic) bond motifs is 2. The average molecular weight is 433 g/mol. The molecule has 2 heterocycles. The number of para-hydroxylation sites is 2. The molecule has 0 saturated carbocycles. The maximum Gasteiger partial charge on any atom is 0.307 e. The normalized spacial score (nSPS) is 13.0. The number of carbonyl (C=O) groups is 3. The lowest BCUT2D eigenvalue weighted by atomic mass is 10.1. The molecular formula is C24H23N3O5. The lowest BCUT2D eigenvalue weighted by Gasteiger charge is -2.14. The third-order valence-corrected chi connectivity index (χ3v) is 5.45. The molecule has 0 bridgehead atoms. The van der Waals surface area contributed by atoms with Crippen LogP contribution in [0.2, 0.25) is 0 Å². The minimum absolute atomic E-state index is 0.0858. The highest BCUT2D eigenvalue weighted by Gasteiger charge is 2.35. The van der Waals surface area contributed by atoms with Crippen molar-refractivity contribution in [1.29, 1.82) is 0 Å². The first kappa shape index (κ1) is 21.4. The van der Waals surface area contributed by atoms with Crippen LogP contribution in [-0.4, -0.2) is 39.0 Å². The number of aryl methyl sites for hydroxylation is 2. The van der Waals surface area contributed by atoms with Crippen LogP contribution in [0.3, 0.4) is 0 Å². The molecule has 4 rings (SSSR count). The van der Waals surface area contributed by atoms with Crippen LogP contribution in [0.25, 0.3) is 11.0 Å². The molecule has 0 atom stereocenters. The molecule has 1 aromatic heterocycles. The molecule has 2 aromatic carbocycles. The number of carbonyl (C=O) groups excluding carboxylic acids is 3. The Labute approximate surface area is 184 Å². The average Bonchev–Trinajstić information content (AvgIpc) is 3.05. The Balaban J connectivity index is 1.42. The summed E-state index contributed by atoms with van der Waals surface area (Å²) in [6, 6.07) is 13.9. The topological polar surface area (TPSA) is 98.6 Å². The van der Waals surface area contributed by atoms with Crippen LogP contribution in [0, 0.1) is 0 Å². The number of aromatic nitrogens is 2. The van der Waals surface area contributed by atoms with Gasteiger partial charge in [-0.25, -0.2) is 9.88 Å². The molecule has 0 fully saturated rings. The summed E-state index contributed by atoms with van der Waals surface area (Å²) in [4.78, 5) is 55.3. The summed E-state index contributed by atoms with van der Waals surface area (Å²) in [6.45, 7) is 2.17. The number of rotatable bonds is 8. The molecule has 8 heteroatoms. The van der Waals surface area contributed by atoms with Crippen molar-refractivity contribution in [3.05, 3.63) is 75.7 Å². The molecule has 1 aliphatic rings. The highest BCUT2D eigenvalue weighted by molar-refractivity contribution is 6.21. The summed E-state index contributed by atoms with van der Waals surface area (Å²) in [5.41, 5.74) is 2.12. The Hall–Kier alpha value is -3.81. The number of imide groups is 1. The van der Waals surface area contributed by atoms with Crippen LogP contribution in [0.4, 0.5) is 0 Å². The van der Waals surface area contributed by atoms with Gasteiger partial charge in [0.05, 0.1) is 28.6 Å². The zero-order chi connectivity index (χ0) is 22.7. The lowest BCUT2D eigenvalue weighted by Crippen LogP contribution is -2.33. The van der Waals surface area contributed by atoms with Gasteiger partial charge in [0.15, 0.2) is 6.73 Å². The van der Waals surface area contributed by atoms with Crippen molar-refractivity contribution in [2.24, 2.45) is 0 Å². The third-order valence-electron chi connectivity index (χ3n) is 5.45. The standard InChI is InChI=1S/C24H23N3O5/c1-2-3-14-26-20-11-7-6-10-18(20)25-19(24(26)31)12-13-21(28)32-15-27-22(29)16-8-4-5-9-17(16)23(27)30/h4-11H,2-3,12-15H2,1H3. The Kier molecular flexibility index (Phi) is 6.11. The van der Waals surface area contributed by atoms with Crippen LogP contribution < -0.4 is 5.56 Å². The number of benzene rings is 2. The quantitative estimate of drug-likeness (QED) is 0.400.